The Hall–Kier alpha value is -3.27. The topological polar surface area (TPSA) is 107 Å². The predicted octanol–water partition coefficient (Wildman–Crippen LogP) is 3.33. The van der Waals surface area contributed by atoms with E-state index < -0.39 is 17.9 Å². The Labute approximate surface area is 180 Å². The van der Waals surface area contributed by atoms with Gasteiger partial charge >= 0.3 is 12.0 Å². The number of esters is 1. The van der Waals surface area contributed by atoms with Gasteiger partial charge in [-0.15, -0.1) is 0 Å². The number of nitrogens with zero attached hydrogens (tertiary/aromatic N) is 1. The van der Waals surface area contributed by atoms with Crippen LogP contribution in [0.25, 0.3) is 6.08 Å². The smallest absolute Gasteiger partial charge is 0.373 e. The molecule has 0 aliphatic carbocycles. The Morgan fingerprint density at radius 2 is 2.03 bits per heavy atom. The summed E-state index contributed by atoms with van der Waals surface area (Å²) in [6, 6.07) is 5.77. The van der Waals surface area contributed by atoms with Crippen molar-refractivity contribution in [2.24, 2.45) is 0 Å². The van der Waals surface area contributed by atoms with Gasteiger partial charge in [-0.1, -0.05) is 0 Å². The summed E-state index contributed by atoms with van der Waals surface area (Å²) < 4.78 is 21.4. The Morgan fingerprint density at radius 1 is 1.27 bits per heavy atom. The van der Waals surface area contributed by atoms with Crippen LogP contribution in [-0.4, -0.2) is 43.6 Å². The maximum atomic E-state index is 12.7. The van der Waals surface area contributed by atoms with Crippen molar-refractivity contribution >= 4 is 39.9 Å². The van der Waals surface area contributed by atoms with E-state index in [0.29, 0.717) is 28.1 Å². The van der Waals surface area contributed by atoms with E-state index in [0.717, 1.165) is 4.90 Å². The average molecular weight is 479 g/mol. The Kier molecular flexibility index (Phi) is 6.46. The van der Waals surface area contributed by atoms with E-state index in [2.05, 4.69) is 26.0 Å². The standard InChI is InChI=1S/C20H19BrN2O7/c1-4-29-16-9-11(7-13(21)17(16)27-2)8-14-18(24)23(20(26)22-14)10-12-5-6-15(30-12)19(25)28-3/h5-9H,4,10H2,1-3H3,(H,22,26)/b14-8-. The van der Waals surface area contributed by atoms with Crippen molar-refractivity contribution < 1.29 is 33.0 Å². The molecule has 1 fully saturated rings. The van der Waals surface area contributed by atoms with Crippen molar-refractivity contribution in [3.8, 4) is 11.5 Å². The highest BCUT2D eigenvalue weighted by atomic mass is 79.9. The summed E-state index contributed by atoms with van der Waals surface area (Å²) in [5.74, 6) is 0.116. The maximum Gasteiger partial charge on any atom is 0.373 e. The molecule has 1 aromatic heterocycles. The Balaban J connectivity index is 1.83. The molecule has 1 N–H and O–H groups in total. The summed E-state index contributed by atoms with van der Waals surface area (Å²) in [6.45, 7) is 2.15. The van der Waals surface area contributed by atoms with Crippen LogP contribution in [0.2, 0.25) is 0 Å². The second kappa shape index (κ2) is 9.04. The van der Waals surface area contributed by atoms with Crippen molar-refractivity contribution in [2.45, 2.75) is 13.5 Å². The zero-order valence-electron chi connectivity index (χ0n) is 16.5. The first kappa shape index (κ1) is 21.4. The van der Waals surface area contributed by atoms with Gasteiger partial charge in [0.15, 0.2) is 11.5 Å². The van der Waals surface area contributed by atoms with E-state index in [4.69, 9.17) is 13.9 Å². The molecule has 1 aliphatic heterocycles. The van der Waals surface area contributed by atoms with Crippen molar-refractivity contribution in [3.05, 3.63) is 51.5 Å². The lowest BCUT2D eigenvalue weighted by Gasteiger charge is -2.12. The summed E-state index contributed by atoms with van der Waals surface area (Å²) >= 11 is 3.41. The summed E-state index contributed by atoms with van der Waals surface area (Å²) in [6.07, 6.45) is 1.54. The quantitative estimate of drug-likeness (QED) is 0.369. The van der Waals surface area contributed by atoms with Gasteiger partial charge in [-0.3, -0.25) is 9.69 Å². The Morgan fingerprint density at radius 3 is 2.70 bits per heavy atom. The number of rotatable bonds is 7. The van der Waals surface area contributed by atoms with E-state index in [1.165, 1.54) is 32.4 Å². The van der Waals surface area contributed by atoms with Gasteiger partial charge in [0.1, 0.15) is 11.5 Å². The van der Waals surface area contributed by atoms with Gasteiger partial charge in [-0.2, -0.15) is 0 Å². The number of methoxy groups -OCH3 is 2. The molecule has 1 aliphatic rings. The van der Waals surface area contributed by atoms with E-state index in [9.17, 15) is 14.4 Å². The van der Waals surface area contributed by atoms with E-state index in [1.54, 1.807) is 12.1 Å². The molecule has 2 heterocycles. The molecule has 0 bridgehead atoms. The highest BCUT2D eigenvalue weighted by Crippen LogP contribution is 2.37. The first-order valence-electron chi connectivity index (χ1n) is 8.89. The first-order valence-corrected chi connectivity index (χ1v) is 9.69. The van der Waals surface area contributed by atoms with Crippen molar-refractivity contribution in [2.75, 3.05) is 20.8 Å². The van der Waals surface area contributed by atoms with Gasteiger partial charge in [0.25, 0.3) is 5.91 Å². The number of hydrogen-bond donors (Lipinski definition) is 1. The van der Waals surface area contributed by atoms with Crippen LogP contribution in [0.5, 0.6) is 11.5 Å². The molecule has 0 spiro atoms. The maximum absolute atomic E-state index is 12.7. The lowest BCUT2D eigenvalue weighted by Crippen LogP contribution is -2.30. The normalized spacial score (nSPS) is 14.8. The Bertz CT molecular complexity index is 1030. The summed E-state index contributed by atoms with van der Waals surface area (Å²) in [7, 11) is 2.76. The number of halogens is 1. The van der Waals surface area contributed by atoms with Crippen LogP contribution >= 0.6 is 15.9 Å². The van der Waals surface area contributed by atoms with Gasteiger partial charge in [-0.05, 0) is 58.8 Å². The molecule has 0 saturated carbocycles. The van der Waals surface area contributed by atoms with Gasteiger partial charge in [0.05, 0.1) is 31.8 Å². The number of carbonyl (C=O) groups is 3. The molecule has 2 aromatic rings. The van der Waals surface area contributed by atoms with E-state index >= 15 is 0 Å². The SMILES string of the molecule is CCOc1cc(/C=C2\NC(=O)N(Cc3ccc(C(=O)OC)o3)C2=O)cc(Br)c1OC. The number of hydrogen-bond acceptors (Lipinski definition) is 7. The van der Waals surface area contributed by atoms with Crippen LogP contribution in [0.3, 0.4) is 0 Å². The highest BCUT2D eigenvalue weighted by molar-refractivity contribution is 9.10. The minimum atomic E-state index is -0.644. The second-order valence-corrected chi connectivity index (χ2v) is 6.96. The van der Waals surface area contributed by atoms with Gasteiger partial charge < -0.3 is 23.9 Å². The third kappa shape index (κ3) is 4.33. The van der Waals surface area contributed by atoms with E-state index in [1.807, 2.05) is 6.92 Å². The fraction of sp³-hybridized carbons (Fsp3) is 0.250. The molecule has 1 aromatic carbocycles. The molecule has 1 saturated heterocycles. The number of nitrogens with one attached hydrogen (secondary N) is 1. The third-order valence-electron chi connectivity index (χ3n) is 4.17. The molecule has 158 valence electrons. The largest absolute Gasteiger partial charge is 0.492 e. The summed E-state index contributed by atoms with van der Waals surface area (Å²) in [4.78, 5) is 37.5. The van der Waals surface area contributed by atoms with Crippen LogP contribution < -0.4 is 14.8 Å². The number of amides is 3. The average Bonchev–Trinajstić information content (AvgIpc) is 3.28. The summed E-state index contributed by atoms with van der Waals surface area (Å²) in [5, 5.41) is 2.54. The number of ether oxygens (including phenoxy) is 3. The van der Waals surface area contributed by atoms with Crippen LogP contribution in [0.4, 0.5) is 4.79 Å². The lowest BCUT2D eigenvalue weighted by atomic mass is 10.1. The zero-order chi connectivity index (χ0) is 21.8. The van der Waals surface area contributed by atoms with Crippen LogP contribution in [-0.2, 0) is 16.1 Å². The molecule has 0 unspecified atom stereocenters. The molecular formula is C20H19BrN2O7. The van der Waals surface area contributed by atoms with Crippen LogP contribution in [0.1, 0.15) is 28.8 Å². The minimum absolute atomic E-state index is 0.0122. The molecule has 0 atom stereocenters. The molecule has 0 radical (unpaired) electrons. The zero-order valence-corrected chi connectivity index (χ0v) is 18.1. The van der Waals surface area contributed by atoms with Crippen molar-refractivity contribution in [3.63, 3.8) is 0 Å². The van der Waals surface area contributed by atoms with E-state index in [-0.39, 0.29) is 23.8 Å². The van der Waals surface area contributed by atoms with Gasteiger partial charge in [0.2, 0.25) is 5.76 Å². The lowest BCUT2D eigenvalue weighted by molar-refractivity contribution is -0.123. The fourth-order valence-electron chi connectivity index (χ4n) is 2.84. The van der Waals surface area contributed by atoms with Crippen LogP contribution in [0.15, 0.2) is 38.9 Å². The predicted molar refractivity (Wildman–Crippen MR) is 109 cm³/mol. The summed E-state index contributed by atoms with van der Waals surface area (Å²) in [5.41, 5.74) is 0.724. The first-order chi connectivity index (χ1) is 14.4. The molecule has 30 heavy (non-hydrogen) atoms. The molecule has 3 rings (SSSR count). The van der Waals surface area contributed by atoms with Gasteiger partial charge in [0, 0.05) is 0 Å². The highest BCUT2D eigenvalue weighted by Gasteiger charge is 2.34. The van der Waals surface area contributed by atoms with Crippen molar-refractivity contribution in [1.82, 2.24) is 10.2 Å². The second-order valence-electron chi connectivity index (χ2n) is 6.10. The molecule has 10 heteroatoms. The van der Waals surface area contributed by atoms with Crippen LogP contribution in [0, 0.1) is 0 Å². The minimum Gasteiger partial charge on any atom is -0.492 e. The van der Waals surface area contributed by atoms with Gasteiger partial charge in [-0.25, -0.2) is 9.59 Å². The molecule has 9 nitrogen and oxygen atoms in total. The monoisotopic (exact) mass is 478 g/mol. The molecule has 3 amide bonds. The number of furan rings is 1. The third-order valence-corrected chi connectivity index (χ3v) is 4.76. The number of imide groups is 1. The molecular weight excluding hydrogens is 460 g/mol. The number of carbonyl (C=O) groups excluding carboxylic acids is 3. The number of benzene rings is 1. The van der Waals surface area contributed by atoms with Crippen molar-refractivity contribution in [1.29, 1.82) is 0 Å². The fourth-order valence-corrected chi connectivity index (χ4v) is 3.46. The number of urea groups is 1.